The molecule has 0 aliphatic carbocycles. The molecule has 0 saturated heterocycles. The highest BCUT2D eigenvalue weighted by molar-refractivity contribution is 5.95. The molecule has 0 bridgehead atoms. The van der Waals surface area contributed by atoms with Gasteiger partial charge in [-0.1, -0.05) is 43.7 Å². The summed E-state index contributed by atoms with van der Waals surface area (Å²) in [5.74, 6) is 0.187. The number of rotatable bonds is 8. The number of carbonyl (C=O) groups is 1. The molecular weight excluding hydrogens is 316 g/mol. The molecule has 2 aromatic rings. The monoisotopic (exact) mass is 340 g/mol. The average molecular weight is 340 g/mol. The van der Waals surface area contributed by atoms with Crippen LogP contribution in [0.3, 0.4) is 0 Å². The van der Waals surface area contributed by atoms with E-state index < -0.39 is 5.97 Å². The van der Waals surface area contributed by atoms with E-state index in [2.05, 4.69) is 19.1 Å². The third-order valence-electron chi connectivity index (χ3n) is 4.05. The fourth-order valence-corrected chi connectivity index (χ4v) is 2.69. The molecule has 2 aromatic carbocycles. The molecule has 25 heavy (non-hydrogen) atoms. The quantitative estimate of drug-likeness (QED) is 0.716. The van der Waals surface area contributed by atoms with Gasteiger partial charge in [0.15, 0.2) is 11.5 Å². The van der Waals surface area contributed by atoms with Crippen LogP contribution in [0, 0.1) is 0 Å². The maximum atomic E-state index is 11.3. The van der Waals surface area contributed by atoms with E-state index in [0.717, 1.165) is 30.4 Å². The van der Waals surface area contributed by atoms with E-state index in [-0.39, 0.29) is 0 Å². The maximum absolute atomic E-state index is 11.3. The molecule has 4 nitrogen and oxygen atoms in total. The van der Waals surface area contributed by atoms with Crippen molar-refractivity contribution in [1.82, 2.24) is 0 Å². The van der Waals surface area contributed by atoms with Gasteiger partial charge in [0.25, 0.3) is 0 Å². The van der Waals surface area contributed by atoms with Gasteiger partial charge in [-0.25, -0.2) is 4.79 Å². The number of carboxylic acids is 1. The number of unbranched alkanes of at least 4 members (excludes halogenated alkanes) is 1. The zero-order valence-electron chi connectivity index (χ0n) is 14.9. The predicted octanol–water partition coefficient (Wildman–Crippen LogP) is 4.56. The lowest BCUT2D eigenvalue weighted by molar-refractivity contribution is -0.131. The molecule has 0 amide bonds. The van der Waals surface area contributed by atoms with Gasteiger partial charge in [0.05, 0.1) is 14.2 Å². The standard InChI is InChI=1S/C21H24O4/c1-4-5-6-15-7-9-16(10-8-15)18(14-21(22)23)17-11-12-19(24-2)20(13-17)25-3/h7-14H,4-6H2,1-3H3,(H,22,23). The van der Waals surface area contributed by atoms with Crippen LogP contribution in [-0.4, -0.2) is 25.3 Å². The normalized spacial score (nSPS) is 11.2. The topological polar surface area (TPSA) is 55.8 Å². The van der Waals surface area contributed by atoms with Crippen molar-refractivity contribution >= 4 is 11.5 Å². The van der Waals surface area contributed by atoms with Gasteiger partial charge >= 0.3 is 5.97 Å². The molecule has 0 spiro atoms. The summed E-state index contributed by atoms with van der Waals surface area (Å²) in [6.07, 6.45) is 4.55. The first kappa shape index (κ1) is 18.6. The van der Waals surface area contributed by atoms with Gasteiger partial charge in [0.1, 0.15) is 0 Å². The Labute approximate surface area is 148 Å². The number of ether oxygens (including phenoxy) is 2. The molecule has 0 radical (unpaired) electrons. The Kier molecular flexibility index (Phi) is 6.63. The Morgan fingerprint density at radius 1 is 1.00 bits per heavy atom. The highest BCUT2D eigenvalue weighted by atomic mass is 16.5. The number of benzene rings is 2. The molecule has 0 unspecified atom stereocenters. The van der Waals surface area contributed by atoms with Crippen molar-refractivity contribution in [3.05, 3.63) is 65.2 Å². The Hall–Kier alpha value is -2.75. The Balaban J connectivity index is 2.42. The molecule has 0 saturated carbocycles. The minimum atomic E-state index is -0.986. The van der Waals surface area contributed by atoms with Gasteiger partial charge in [0.2, 0.25) is 0 Å². The van der Waals surface area contributed by atoms with Crippen LogP contribution in [0.5, 0.6) is 11.5 Å². The minimum absolute atomic E-state index is 0.566. The first-order valence-corrected chi connectivity index (χ1v) is 8.35. The summed E-state index contributed by atoms with van der Waals surface area (Å²) in [4.78, 5) is 11.3. The lowest BCUT2D eigenvalue weighted by atomic mass is 9.95. The van der Waals surface area contributed by atoms with Gasteiger partial charge in [0, 0.05) is 6.08 Å². The van der Waals surface area contributed by atoms with E-state index in [1.54, 1.807) is 26.4 Å². The van der Waals surface area contributed by atoms with Crippen LogP contribution < -0.4 is 9.47 Å². The summed E-state index contributed by atoms with van der Waals surface area (Å²) in [5.41, 5.74) is 3.51. The van der Waals surface area contributed by atoms with E-state index in [9.17, 15) is 9.90 Å². The number of aryl methyl sites for hydroxylation is 1. The highest BCUT2D eigenvalue weighted by Gasteiger charge is 2.11. The van der Waals surface area contributed by atoms with Gasteiger partial charge < -0.3 is 14.6 Å². The molecule has 0 heterocycles. The lowest BCUT2D eigenvalue weighted by Gasteiger charge is -2.13. The van der Waals surface area contributed by atoms with E-state index in [0.29, 0.717) is 17.1 Å². The van der Waals surface area contributed by atoms with Crippen LogP contribution in [0.4, 0.5) is 0 Å². The maximum Gasteiger partial charge on any atom is 0.328 e. The molecule has 132 valence electrons. The van der Waals surface area contributed by atoms with E-state index >= 15 is 0 Å². The number of hydrogen-bond donors (Lipinski definition) is 1. The van der Waals surface area contributed by atoms with Crippen LogP contribution in [0.25, 0.3) is 5.57 Å². The zero-order chi connectivity index (χ0) is 18.2. The van der Waals surface area contributed by atoms with Crippen LogP contribution in [0.2, 0.25) is 0 Å². The van der Waals surface area contributed by atoms with Crippen molar-refractivity contribution in [2.75, 3.05) is 14.2 Å². The van der Waals surface area contributed by atoms with Crippen molar-refractivity contribution in [2.24, 2.45) is 0 Å². The number of aliphatic carboxylic acids is 1. The molecule has 0 aliphatic rings. The predicted molar refractivity (Wildman–Crippen MR) is 99.3 cm³/mol. The van der Waals surface area contributed by atoms with Crippen molar-refractivity contribution in [3.63, 3.8) is 0 Å². The van der Waals surface area contributed by atoms with Crippen molar-refractivity contribution in [2.45, 2.75) is 26.2 Å². The average Bonchev–Trinajstić information content (AvgIpc) is 2.64. The molecule has 0 aromatic heterocycles. The SMILES string of the molecule is CCCCc1ccc(C(=CC(=O)O)c2ccc(OC)c(OC)c2)cc1. The van der Waals surface area contributed by atoms with Gasteiger partial charge in [-0.15, -0.1) is 0 Å². The first-order valence-electron chi connectivity index (χ1n) is 8.35. The summed E-state index contributed by atoms with van der Waals surface area (Å²) in [6, 6.07) is 13.5. The molecule has 0 fully saturated rings. The van der Waals surface area contributed by atoms with Crippen molar-refractivity contribution in [3.8, 4) is 11.5 Å². The van der Waals surface area contributed by atoms with Crippen molar-refractivity contribution in [1.29, 1.82) is 0 Å². The molecule has 0 atom stereocenters. The summed E-state index contributed by atoms with van der Waals surface area (Å²) in [6.45, 7) is 2.17. The van der Waals surface area contributed by atoms with Crippen LogP contribution in [0.15, 0.2) is 48.5 Å². The smallest absolute Gasteiger partial charge is 0.328 e. The Morgan fingerprint density at radius 2 is 1.64 bits per heavy atom. The fourth-order valence-electron chi connectivity index (χ4n) is 2.69. The first-order chi connectivity index (χ1) is 12.1. The van der Waals surface area contributed by atoms with E-state index in [1.165, 1.54) is 11.6 Å². The van der Waals surface area contributed by atoms with E-state index in [4.69, 9.17) is 9.47 Å². The molecule has 1 N–H and O–H groups in total. The number of carboxylic acid groups (broad SMARTS) is 1. The van der Waals surface area contributed by atoms with E-state index in [1.807, 2.05) is 18.2 Å². The summed E-state index contributed by atoms with van der Waals surface area (Å²) in [7, 11) is 3.13. The van der Waals surface area contributed by atoms with Gasteiger partial charge in [-0.05, 0) is 47.2 Å². The fraction of sp³-hybridized carbons (Fsp3) is 0.286. The second-order valence-electron chi connectivity index (χ2n) is 5.77. The molecule has 4 heteroatoms. The molecule has 0 aliphatic heterocycles. The Bertz CT molecular complexity index is 745. The summed E-state index contributed by atoms with van der Waals surface area (Å²) >= 11 is 0. The Morgan fingerprint density at radius 3 is 2.20 bits per heavy atom. The van der Waals surface area contributed by atoms with Crippen LogP contribution in [-0.2, 0) is 11.2 Å². The summed E-state index contributed by atoms with van der Waals surface area (Å²) in [5, 5.41) is 9.27. The number of hydrogen-bond acceptors (Lipinski definition) is 3. The third kappa shape index (κ3) is 4.86. The van der Waals surface area contributed by atoms with Crippen LogP contribution >= 0.6 is 0 Å². The van der Waals surface area contributed by atoms with Gasteiger partial charge in [-0.2, -0.15) is 0 Å². The minimum Gasteiger partial charge on any atom is -0.493 e. The second kappa shape index (κ2) is 8.92. The van der Waals surface area contributed by atoms with Crippen LogP contribution in [0.1, 0.15) is 36.5 Å². The largest absolute Gasteiger partial charge is 0.493 e. The summed E-state index contributed by atoms with van der Waals surface area (Å²) < 4.78 is 10.6. The lowest BCUT2D eigenvalue weighted by Crippen LogP contribution is -1.97. The molecule has 2 rings (SSSR count). The molecular formula is C21H24O4. The van der Waals surface area contributed by atoms with Gasteiger partial charge in [-0.3, -0.25) is 0 Å². The number of methoxy groups -OCH3 is 2. The van der Waals surface area contributed by atoms with Crippen molar-refractivity contribution < 1.29 is 19.4 Å². The second-order valence-corrected chi connectivity index (χ2v) is 5.77. The third-order valence-corrected chi connectivity index (χ3v) is 4.05. The zero-order valence-corrected chi connectivity index (χ0v) is 14.9. The highest BCUT2D eigenvalue weighted by Crippen LogP contribution is 2.33.